The van der Waals surface area contributed by atoms with E-state index in [-0.39, 0.29) is 5.41 Å². The Morgan fingerprint density at radius 2 is 1.89 bits per heavy atom. The van der Waals surface area contributed by atoms with Crippen molar-refractivity contribution in [2.75, 3.05) is 6.54 Å². The van der Waals surface area contributed by atoms with Crippen LogP contribution in [0.2, 0.25) is 0 Å². The molecule has 2 amide bonds. The SMILES string of the molecule is CCCCCC(C)(C)CNC(=O)NC(C)C(=O)O. The highest BCUT2D eigenvalue weighted by atomic mass is 16.4. The first-order valence-corrected chi connectivity index (χ1v) is 6.55. The third-order valence-corrected chi connectivity index (χ3v) is 2.90. The van der Waals surface area contributed by atoms with Crippen LogP contribution < -0.4 is 10.6 Å². The van der Waals surface area contributed by atoms with E-state index in [0.29, 0.717) is 6.54 Å². The standard InChI is InChI=1S/C13H26N2O3/c1-5-6-7-8-13(3,4)9-14-12(18)15-10(2)11(16)17/h10H,5-9H2,1-4H3,(H,16,17)(H2,14,15,18). The molecule has 0 bridgehead atoms. The summed E-state index contributed by atoms with van der Waals surface area (Å²) in [6.45, 7) is 8.35. The Bertz CT molecular complexity index is 277. The highest BCUT2D eigenvalue weighted by Gasteiger charge is 2.19. The average Bonchev–Trinajstić information content (AvgIpc) is 2.26. The van der Waals surface area contributed by atoms with Crippen LogP contribution in [0.4, 0.5) is 4.79 Å². The predicted molar refractivity (Wildman–Crippen MR) is 71.6 cm³/mol. The predicted octanol–water partition coefficient (Wildman–Crippen LogP) is 2.37. The van der Waals surface area contributed by atoms with Gasteiger partial charge in [-0.1, -0.05) is 40.0 Å². The Kier molecular flexibility index (Phi) is 7.39. The van der Waals surface area contributed by atoms with Crippen LogP contribution in [0, 0.1) is 5.41 Å². The number of nitrogens with one attached hydrogen (secondary N) is 2. The molecule has 3 N–H and O–H groups in total. The fourth-order valence-corrected chi connectivity index (χ4v) is 1.57. The maximum absolute atomic E-state index is 11.4. The second-order valence-corrected chi connectivity index (χ2v) is 5.51. The quantitative estimate of drug-likeness (QED) is 0.585. The van der Waals surface area contributed by atoms with Gasteiger partial charge in [-0.2, -0.15) is 0 Å². The molecule has 0 aromatic rings. The van der Waals surface area contributed by atoms with Crippen molar-refractivity contribution in [3.8, 4) is 0 Å². The Balaban J connectivity index is 3.92. The molecule has 5 heteroatoms. The number of carbonyl (C=O) groups excluding carboxylic acids is 1. The molecule has 0 aliphatic rings. The molecule has 0 aliphatic carbocycles. The Morgan fingerprint density at radius 3 is 2.39 bits per heavy atom. The second kappa shape index (κ2) is 7.95. The summed E-state index contributed by atoms with van der Waals surface area (Å²) in [5.74, 6) is -1.03. The van der Waals surface area contributed by atoms with Gasteiger partial charge < -0.3 is 15.7 Å². The molecule has 5 nitrogen and oxygen atoms in total. The van der Waals surface area contributed by atoms with E-state index >= 15 is 0 Å². The van der Waals surface area contributed by atoms with Crippen LogP contribution in [-0.2, 0) is 4.79 Å². The van der Waals surface area contributed by atoms with Gasteiger partial charge in [-0.05, 0) is 18.8 Å². The molecule has 0 fully saturated rings. The first-order valence-electron chi connectivity index (χ1n) is 6.55. The Morgan fingerprint density at radius 1 is 1.28 bits per heavy atom. The van der Waals surface area contributed by atoms with Crippen LogP contribution >= 0.6 is 0 Å². The molecule has 0 aromatic carbocycles. The van der Waals surface area contributed by atoms with E-state index in [4.69, 9.17) is 5.11 Å². The van der Waals surface area contributed by atoms with Crippen molar-refractivity contribution in [3.63, 3.8) is 0 Å². The number of unbranched alkanes of at least 4 members (excludes halogenated alkanes) is 2. The lowest BCUT2D eigenvalue weighted by Gasteiger charge is -2.25. The zero-order valence-electron chi connectivity index (χ0n) is 11.9. The highest BCUT2D eigenvalue weighted by Crippen LogP contribution is 2.22. The van der Waals surface area contributed by atoms with Gasteiger partial charge in [-0.25, -0.2) is 4.79 Å². The Hall–Kier alpha value is -1.26. The summed E-state index contributed by atoms with van der Waals surface area (Å²) in [7, 11) is 0. The zero-order valence-corrected chi connectivity index (χ0v) is 11.9. The summed E-state index contributed by atoms with van der Waals surface area (Å²) >= 11 is 0. The van der Waals surface area contributed by atoms with Gasteiger partial charge in [0.05, 0.1) is 0 Å². The smallest absolute Gasteiger partial charge is 0.325 e. The van der Waals surface area contributed by atoms with Gasteiger partial charge in [0.15, 0.2) is 0 Å². The molecular weight excluding hydrogens is 232 g/mol. The molecule has 0 radical (unpaired) electrons. The number of urea groups is 1. The van der Waals surface area contributed by atoms with Gasteiger partial charge in [0, 0.05) is 6.54 Å². The van der Waals surface area contributed by atoms with Gasteiger partial charge >= 0.3 is 12.0 Å². The molecule has 0 aromatic heterocycles. The minimum atomic E-state index is -1.03. The third kappa shape index (κ3) is 7.92. The van der Waals surface area contributed by atoms with E-state index in [1.54, 1.807) is 0 Å². The number of carbonyl (C=O) groups is 2. The molecule has 18 heavy (non-hydrogen) atoms. The molecule has 1 atom stereocenters. The molecule has 1 unspecified atom stereocenters. The molecule has 0 saturated heterocycles. The number of carboxylic acid groups (broad SMARTS) is 1. The van der Waals surface area contributed by atoms with Crippen LogP contribution in [0.15, 0.2) is 0 Å². The molecule has 0 spiro atoms. The largest absolute Gasteiger partial charge is 0.480 e. The average molecular weight is 258 g/mol. The van der Waals surface area contributed by atoms with Crippen LogP contribution in [0.1, 0.15) is 53.4 Å². The van der Waals surface area contributed by atoms with Crippen molar-refractivity contribution < 1.29 is 14.7 Å². The lowest BCUT2D eigenvalue weighted by atomic mass is 9.87. The summed E-state index contributed by atoms with van der Waals surface area (Å²) < 4.78 is 0. The van der Waals surface area contributed by atoms with Gasteiger partial charge in [0.25, 0.3) is 0 Å². The van der Waals surface area contributed by atoms with E-state index in [0.717, 1.165) is 12.8 Å². The first-order chi connectivity index (χ1) is 8.28. The minimum absolute atomic E-state index is 0.0406. The summed E-state index contributed by atoms with van der Waals surface area (Å²) in [6, 6.07) is -1.29. The monoisotopic (exact) mass is 258 g/mol. The highest BCUT2D eigenvalue weighted by molar-refractivity contribution is 5.82. The van der Waals surface area contributed by atoms with Crippen LogP contribution in [-0.4, -0.2) is 29.7 Å². The maximum atomic E-state index is 11.4. The number of carboxylic acids is 1. The molecule has 0 saturated carbocycles. The third-order valence-electron chi connectivity index (χ3n) is 2.90. The second-order valence-electron chi connectivity index (χ2n) is 5.51. The molecular formula is C13H26N2O3. The lowest BCUT2D eigenvalue weighted by molar-refractivity contribution is -0.138. The lowest BCUT2D eigenvalue weighted by Crippen LogP contribution is -2.46. The van der Waals surface area contributed by atoms with E-state index in [2.05, 4.69) is 31.4 Å². The minimum Gasteiger partial charge on any atom is -0.480 e. The number of hydrogen-bond acceptors (Lipinski definition) is 2. The topological polar surface area (TPSA) is 78.4 Å². The molecule has 0 rings (SSSR count). The Labute approximate surface area is 109 Å². The van der Waals surface area contributed by atoms with Crippen LogP contribution in [0.25, 0.3) is 0 Å². The van der Waals surface area contributed by atoms with E-state index in [1.807, 2.05) is 0 Å². The summed E-state index contributed by atoms with van der Waals surface area (Å²) in [5.41, 5.74) is 0.0406. The normalized spacial score (nSPS) is 12.9. The molecule has 106 valence electrons. The van der Waals surface area contributed by atoms with Gasteiger partial charge in [0.2, 0.25) is 0 Å². The summed E-state index contributed by atoms with van der Waals surface area (Å²) in [6.07, 6.45) is 4.58. The summed E-state index contributed by atoms with van der Waals surface area (Å²) in [4.78, 5) is 22.0. The van der Waals surface area contributed by atoms with E-state index in [1.165, 1.54) is 19.8 Å². The van der Waals surface area contributed by atoms with Crippen molar-refractivity contribution in [1.29, 1.82) is 0 Å². The van der Waals surface area contributed by atoms with Crippen molar-refractivity contribution in [2.45, 2.75) is 59.4 Å². The van der Waals surface area contributed by atoms with Crippen molar-refractivity contribution in [1.82, 2.24) is 10.6 Å². The van der Waals surface area contributed by atoms with Gasteiger partial charge in [-0.15, -0.1) is 0 Å². The van der Waals surface area contributed by atoms with Crippen molar-refractivity contribution in [3.05, 3.63) is 0 Å². The number of hydrogen-bond donors (Lipinski definition) is 3. The van der Waals surface area contributed by atoms with Crippen LogP contribution in [0.3, 0.4) is 0 Å². The van der Waals surface area contributed by atoms with Gasteiger partial charge in [-0.3, -0.25) is 4.79 Å². The molecule has 0 aliphatic heterocycles. The summed E-state index contributed by atoms with van der Waals surface area (Å²) in [5, 5.41) is 13.8. The number of amides is 2. The number of rotatable bonds is 8. The van der Waals surface area contributed by atoms with Crippen LogP contribution in [0.5, 0.6) is 0 Å². The fourth-order valence-electron chi connectivity index (χ4n) is 1.57. The van der Waals surface area contributed by atoms with E-state index in [9.17, 15) is 9.59 Å². The van der Waals surface area contributed by atoms with Crippen molar-refractivity contribution >= 4 is 12.0 Å². The van der Waals surface area contributed by atoms with Crippen molar-refractivity contribution in [2.24, 2.45) is 5.41 Å². The van der Waals surface area contributed by atoms with E-state index < -0.39 is 18.0 Å². The first kappa shape index (κ1) is 16.7. The maximum Gasteiger partial charge on any atom is 0.325 e. The molecule has 0 heterocycles. The van der Waals surface area contributed by atoms with Gasteiger partial charge in [0.1, 0.15) is 6.04 Å². The zero-order chi connectivity index (χ0) is 14.2. The fraction of sp³-hybridized carbons (Fsp3) is 0.846. The number of aliphatic carboxylic acids is 1.